The molecule has 5 rings (SSSR count). The molecule has 7 heteroatoms. The first-order valence-electron chi connectivity index (χ1n) is 11.8. The van der Waals surface area contributed by atoms with Gasteiger partial charge in [-0.2, -0.15) is 0 Å². The Labute approximate surface area is 220 Å². The van der Waals surface area contributed by atoms with Crippen molar-refractivity contribution < 1.29 is 13.9 Å². The van der Waals surface area contributed by atoms with Crippen LogP contribution in [0.3, 0.4) is 0 Å². The molecule has 0 radical (unpaired) electrons. The molecule has 0 atom stereocenters. The van der Waals surface area contributed by atoms with Gasteiger partial charge in [0.2, 0.25) is 5.89 Å². The lowest BCUT2D eigenvalue weighted by atomic mass is 10.1. The van der Waals surface area contributed by atoms with E-state index in [0.717, 1.165) is 39.0 Å². The topological polar surface area (TPSA) is 76.4 Å². The number of fused-ring (bicyclic) bond motifs is 1. The molecule has 1 aromatic heterocycles. The maximum absolute atomic E-state index is 12.7. The molecule has 5 aromatic rings. The number of carbonyl (C=O) groups is 1. The molecule has 0 saturated carbocycles. The summed E-state index contributed by atoms with van der Waals surface area (Å²) in [6.45, 7) is 4.44. The average molecular weight is 508 g/mol. The molecule has 6 nitrogen and oxygen atoms in total. The van der Waals surface area contributed by atoms with Crippen LogP contribution in [0, 0.1) is 13.8 Å². The lowest BCUT2D eigenvalue weighted by molar-refractivity contribution is 0.0977. The van der Waals surface area contributed by atoms with Crippen molar-refractivity contribution >= 4 is 40.0 Å². The van der Waals surface area contributed by atoms with E-state index < -0.39 is 0 Å². The molecule has 37 heavy (non-hydrogen) atoms. The van der Waals surface area contributed by atoms with Gasteiger partial charge in [-0.15, -0.1) is 0 Å². The van der Waals surface area contributed by atoms with Crippen LogP contribution < -0.4 is 15.4 Å². The van der Waals surface area contributed by atoms with Crippen molar-refractivity contribution in [2.75, 3.05) is 5.32 Å². The average Bonchev–Trinajstić information content (AvgIpc) is 3.33. The number of thiocarbonyl (C=S) groups is 1. The van der Waals surface area contributed by atoms with Crippen LogP contribution in [0.5, 0.6) is 5.75 Å². The Bertz CT molecular complexity index is 1580. The standard InChI is InChI=1S/C30H25N3O3S/c1-19-8-15-27-26(16-19)31-29(36-27)23-10-9-20(2)25(17-23)32-30(37)33-28(34)22-11-13-24(14-12-22)35-18-21-6-4-3-5-7-21/h3-17H,18H2,1-2H3,(H2,32,33,34,37). The van der Waals surface area contributed by atoms with Gasteiger partial charge >= 0.3 is 0 Å². The van der Waals surface area contributed by atoms with Crippen LogP contribution in [0.25, 0.3) is 22.6 Å². The second kappa shape index (κ2) is 10.6. The lowest BCUT2D eigenvalue weighted by Crippen LogP contribution is -2.34. The van der Waals surface area contributed by atoms with Gasteiger partial charge in [-0.05, 0) is 91.3 Å². The first kappa shape index (κ1) is 24.2. The van der Waals surface area contributed by atoms with Crippen LogP contribution in [0.2, 0.25) is 0 Å². The molecular formula is C30H25N3O3S. The van der Waals surface area contributed by atoms with E-state index in [9.17, 15) is 4.79 Å². The van der Waals surface area contributed by atoms with E-state index in [-0.39, 0.29) is 11.0 Å². The van der Waals surface area contributed by atoms with Crippen molar-refractivity contribution in [1.82, 2.24) is 10.3 Å². The summed E-state index contributed by atoms with van der Waals surface area (Å²) in [6, 6.07) is 28.6. The first-order chi connectivity index (χ1) is 17.9. The zero-order valence-electron chi connectivity index (χ0n) is 20.4. The second-order valence-corrected chi connectivity index (χ2v) is 9.14. The normalized spacial score (nSPS) is 10.8. The molecule has 4 aromatic carbocycles. The number of aromatic nitrogens is 1. The molecule has 0 unspecified atom stereocenters. The van der Waals surface area contributed by atoms with Gasteiger partial charge in [0.05, 0.1) is 0 Å². The van der Waals surface area contributed by atoms with Crippen molar-refractivity contribution in [3.63, 3.8) is 0 Å². The summed E-state index contributed by atoms with van der Waals surface area (Å²) < 4.78 is 11.7. The van der Waals surface area contributed by atoms with Crippen LogP contribution in [0.15, 0.2) is 95.4 Å². The lowest BCUT2D eigenvalue weighted by Gasteiger charge is -2.13. The quantitative estimate of drug-likeness (QED) is 0.246. The number of nitrogens with zero attached hydrogens (tertiary/aromatic N) is 1. The fourth-order valence-corrected chi connectivity index (χ4v) is 4.03. The van der Waals surface area contributed by atoms with Gasteiger partial charge in [-0.3, -0.25) is 10.1 Å². The highest BCUT2D eigenvalue weighted by Gasteiger charge is 2.13. The third-order valence-electron chi connectivity index (χ3n) is 5.87. The third kappa shape index (κ3) is 5.85. The second-order valence-electron chi connectivity index (χ2n) is 8.73. The molecule has 1 amide bonds. The summed E-state index contributed by atoms with van der Waals surface area (Å²) in [6.07, 6.45) is 0. The van der Waals surface area contributed by atoms with E-state index in [1.165, 1.54) is 0 Å². The number of anilines is 1. The summed E-state index contributed by atoms with van der Waals surface area (Å²) in [5.74, 6) is 0.895. The summed E-state index contributed by atoms with van der Waals surface area (Å²) in [7, 11) is 0. The minimum Gasteiger partial charge on any atom is -0.489 e. The number of hydrogen-bond donors (Lipinski definition) is 2. The van der Waals surface area contributed by atoms with E-state index in [1.54, 1.807) is 24.3 Å². The summed E-state index contributed by atoms with van der Waals surface area (Å²) >= 11 is 5.41. The predicted molar refractivity (Wildman–Crippen MR) is 150 cm³/mol. The monoisotopic (exact) mass is 507 g/mol. The molecule has 184 valence electrons. The molecule has 0 saturated heterocycles. The Morgan fingerprint density at radius 2 is 1.73 bits per heavy atom. The van der Waals surface area contributed by atoms with Crippen LogP contribution >= 0.6 is 12.2 Å². The number of ether oxygens (including phenoxy) is 1. The minimum absolute atomic E-state index is 0.197. The molecular weight excluding hydrogens is 482 g/mol. The number of rotatable bonds is 6. The first-order valence-corrected chi connectivity index (χ1v) is 12.2. The Morgan fingerprint density at radius 1 is 0.946 bits per heavy atom. The van der Waals surface area contributed by atoms with Gasteiger partial charge in [0.25, 0.3) is 5.91 Å². The number of amides is 1. The summed E-state index contributed by atoms with van der Waals surface area (Å²) in [4.78, 5) is 17.3. The van der Waals surface area contributed by atoms with Crippen molar-refractivity contribution in [2.24, 2.45) is 0 Å². The number of hydrogen-bond acceptors (Lipinski definition) is 5. The van der Waals surface area contributed by atoms with Gasteiger partial charge in [0.1, 0.15) is 17.9 Å². The van der Waals surface area contributed by atoms with Gasteiger partial charge in [-0.1, -0.05) is 42.5 Å². The zero-order valence-corrected chi connectivity index (χ0v) is 21.3. The van der Waals surface area contributed by atoms with Crippen LogP contribution in [-0.2, 0) is 6.61 Å². The number of nitrogens with one attached hydrogen (secondary N) is 2. The highest BCUT2D eigenvalue weighted by Crippen LogP contribution is 2.28. The summed E-state index contributed by atoms with van der Waals surface area (Å²) in [5, 5.41) is 6.05. The Kier molecular flexibility index (Phi) is 6.96. The molecule has 0 aliphatic heterocycles. The Balaban J connectivity index is 1.22. The Morgan fingerprint density at radius 3 is 2.51 bits per heavy atom. The third-order valence-corrected chi connectivity index (χ3v) is 6.07. The van der Waals surface area contributed by atoms with Crippen molar-refractivity contribution in [2.45, 2.75) is 20.5 Å². The van der Waals surface area contributed by atoms with Crippen molar-refractivity contribution in [3.05, 3.63) is 113 Å². The highest BCUT2D eigenvalue weighted by molar-refractivity contribution is 7.80. The number of benzene rings is 4. The highest BCUT2D eigenvalue weighted by atomic mass is 32.1. The fraction of sp³-hybridized carbons (Fsp3) is 0.100. The summed E-state index contributed by atoms with van der Waals surface area (Å²) in [5.41, 5.74) is 6.74. The minimum atomic E-state index is -0.310. The zero-order chi connectivity index (χ0) is 25.8. The van der Waals surface area contributed by atoms with Gasteiger partial charge in [0, 0.05) is 16.8 Å². The maximum atomic E-state index is 12.7. The van der Waals surface area contributed by atoms with Gasteiger partial charge in [0.15, 0.2) is 10.7 Å². The smallest absolute Gasteiger partial charge is 0.257 e. The molecule has 0 bridgehead atoms. The molecule has 2 N–H and O–H groups in total. The van der Waals surface area contributed by atoms with E-state index in [4.69, 9.17) is 21.4 Å². The fourth-order valence-electron chi connectivity index (χ4n) is 3.82. The molecule has 1 heterocycles. The molecule has 0 aliphatic rings. The van der Waals surface area contributed by atoms with E-state index in [0.29, 0.717) is 23.8 Å². The van der Waals surface area contributed by atoms with E-state index >= 15 is 0 Å². The molecule has 0 aliphatic carbocycles. The number of aryl methyl sites for hydroxylation is 2. The van der Waals surface area contributed by atoms with E-state index in [2.05, 4.69) is 15.6 Å². The van der Waals surface area contributed by atoms with Crippen molar-refractivity contribution in [1.29, 1.82) is 0 Å². The molecule has 0 fully saturated rings. The van der Waals surface area contributed by atoms with Crippen LogP contribution in [-0.4, -0.2) is 16.0 Å². The number of carbonyl (C=O) groups excluding carboxylic acids is 1. The van der Waals surface area contributed by atoms with Crippen LogP contribution in [0.4, 0.5) is 5.69 Å². The largest absolute Gasteiger partial charge is 0.489 e. The molecule has 0 spiro atoms. The number of oxazole rings is 1. The Hall–Kier alpha value is -4.49. The van der Waals surface area contributed by atoms with Crippen LogP contribution in [0.1, 0.15) is 27.0 Å². The maximum Gasteiger partial charge on any atom is 0.257 e. The van der Waals surface area contributed by atoms with Crippen molar-refractivity contribution in [3.8, 4) is 17.2 Å². The SMILES string of the molecule is Cc1ccc2oc(-c3ccc(C)c(NC(=S)NC(=O)c4ccc(OCc5ccccc5)cc4)c3)nc2c1. The van der Waals surface area contributed by atoms with E-state index in [1.807, 2.05) is 80.6 Å². The van der Waals surface area contributed by atoms with Gasteiger partial charge in [-0.25, -0.2) is 4.98 Å². The predicted octanol–water partition coefficient (Wildman–Crippen LogP) is 6.82. The van der Waals surface area contributed by atoms with Gasteiger partial charge < -0.3 is 14.5 Å².